The van der Waals surface area contributed by atoms with Crippen LogP contribution in [-0.4, -0.2) is 15.1 Å². The molecule has 0 saturated carbocycles. The molecule has 0 bridgehead atoms. The molecule has 2 heteroatoms. The summed E-state index contributed by atoms with van der Waals surface area (Å²) in [5, 5.41) is 0. The predicted molar refractivity (Wildman–Crippen MR) is 27.0 cm³/mol. The SMILES string of the molecule is CC1C[Si](C)O1. The minimum absolute atomic E-state index is 0.242. The van der Waals surface area contributed by atoms with Gasteiger partial charge in [-0.3, -0.25) is 0 Å². The molecule has 1 nitrogen and oxygen atoms in total. The summed E-state index contributed by atoms with van der Waals surface area (Å²) in [7, 11) is -0.242. The molecule has 1 radical (unpaired) electrons. The lowest BCUT2D eigenvalue weighted by Crippen LogP contribution is -2.35. The van der Waals surface area contributed by atoms with Gasteiger partial charge in [-0.25, -0.2) is 0 Å². The van der Waals surface area contributed by atoms with Gasteiger partial charge in [0.1, 0.15) is 0 Å². The Bertz CT molecular complexity index is 43.5. The van der Waals surface area contributed by atoms with Gasteiger partial charge in [0.25, 0.3) is 0 Å². The van der Waals surface area contributed by atoms with E-state index >= 15 is 0 Å². The fraction of sp³-hybridized carbons (Fsp3) is 1.00. The summed E-state index contributed by atoms with van der Waals surface area (Å²) in [4.78, 5) is 0. The molecule has 0 aromatic carbocycles. The van der Waals surface area contributed by atoms with Gasteiger partial charge >= 0.3 is 0 Å². The first-order valence-corrected chi connectivity index (χ1v) is 4.39. The molecule has 1 unspecified atom stereocenters. The second kappa shape index (κ2) is 1.35. The second-order valence-corrected chi connectivity index (χ2v) is 3.88. The van der Waals surface area contributed by atoms with E-state index in [0.29, 0.717) is 6.10 Å². The maximum atomic E-state index is 5.24. The van der Waals surface area contributed by atoms with Crippen molar-refractivity contribution in [3.8, 4) is 0 Å². The van der Waals surface area contributed by atoms with Gasteiger partial charge in [-0.05, 0) is 19.5 Å². The van der Waals surface area contributed by atoms with E-state index in [0.717, 1.165) is 0 Å². The van der Waals surface area contributed by atoms with Crippen molar-refractivity contribution in [1.29, 1.82) is 0 Å². The Balaban J connectivity index is 2.11. The highest BCUT2D eigenvalue weighted by atomic mass is 28.3. The Hall–Kier alpha value is 0.177. The Morgan fingerprint density at radius 3 is 2.33 bits per heavy atom. The first-order valence-electron chi connectivity index (χ1n) is 2.28. The topological polar surface area (TPSA) is 9.23 Å². The zero-order valence-electron chi connectivity index (χ0n) is 4.19. The van der Waals surface area contributed by atoms with Crippen LogP contribution in [0.15, 0.2) is 0 Å². The lowest BCUT2D eigenvalue weighted by Gasteiger charge is -2.28. The molecular formula is C4H9OSi. The Morgan fingerprint density at radius 2 is 2.33 bits per heavy atom. The third-order valence-electron chi connectivity index (χ3n) is 0.977. The molecule has 0 N–H and O–H groups in total. The average Bonchev–Trinajstić information content (AvgIpc) is 1.33. The summed E-state index contributed by atoms with van der Waals surface area (Å²) in [5.41, 5.74) is 0. The lowest BCUT2D eigenvalue weighted by molar-refractivity contribution is 0.182. The minimum Gasteiger partial charge on any atom is -0.414 e. The van der Waals surface area contributed by atoms with Crippen LogP contribution < -0.4 is 0 Å². The molecule has 0 spiro atoms. The van der Waals surface area contributed by atoms with Crippen LogP contribution in [0, 0.1) is 0 Å². The molecule has 6 heavy (non-hydrogen) atoms. The average molecular weight is 101 g/mol. The molecule has 35 valence electrons. The van der Waals surface area contributed by atoms with E-state index in [2.05, 4.69) is 13.5 Å². The number of hydrogen-bond acceptors (Lipinski definition) is 1. The molecule has 1 aliphatic rings. The maximum absolute atomic E-state index is 5.24. The van der Waals surface area contributed by atoms with Crippen molar-refractivity contribution in [3.05, 3.63) is 0 Å². The molecular weight excluding hydrogens is 92.1 g/mol. The summed E-state index contributed by atoms with van der Waals surface area (Å²) in [6.07, 6.45) is 0.587. The first-order chi connectivity index (χ1) is 2.79. The molecule has 0 amide bonds. The maximum Gasteiger partial charge on any atom is 0.211 e. The zero-order chi connectivity index (χ0) is 4.57. The summed E-state index contributed by atoms with van der Waals surface area (Å²) in [5.74, 6) is 0. The molecule has 1 rings (SSSR count). The molecule has 1 fully saturated rings. The molecule has 1 saturated heterocycles. The first kappa shape index (κ1) is 4.34. The third-order valence-corrected chi connectivity index (χ3v) is 2.93. The minimum atomic E-state index is -0.242. The van der Waals surface area contributed by atoms with E-state index in [1.165, 1.54) is 6.04 Å². The number of rotatable bonds is 0. The Morgan fingerprint density at radius 1 is 1.83 bits per heavy atom. The normalized spacial score (nSPS) is 36.0. The van der Waals surface area contributed by atoms with Gasteiger partial charge in [0.05, 0.1) is 0 Å². The van der Waals surface area contributed by atoms with Gasteiger partial charge in [0.15, 0.2) is 0 Å². The number of hydrogen-bond donors (Lipinski definition) is 0. The summed E-state index contributed by atoms with van der Waals surface area (Å²) >= 11 is 0. The summed E-state index contributed by atoms with van der Waals surface area (Å²) < 4.78 is 5.24. The standard InChI is InChI=1S/C4H9OSi/c1-4-3-6(2)5-4/h4H,3H2,1-2H3. The molecule has 0 aromatic rings. The van der Waals surface area contributed by atoms with Crippen molar-refractivity contribution in [2.45, 2.75) is 25.6 Å². The van der Waals surface area contributed by atoms with Crippen molar-refractivity contribution in [2.24, 2.45) is 0 Å². The molecule has 1 aliphatic heterocycles. The smallest absolute Gasteiger partial charge is 0.211 e. The molecule has 1 atom stereocenters. The highest BCUT2D eigenvalue weighted by Gasteiger charge is 2.23. The van der Waals surface area contributed by atoms with Gasteiger partial charge in [-0.15, -0.1) is 0 Å². The van der Waals surface area contributed by atoms with Gasteiger partial charge in [0.2, 0.25) is 9.04 Å². The summed E-state index contributed by atoms with van der Waals surface area (Å²) in [6, 6.07) is 1.35. The van der Waals surface area contributed by atoms with E-state index < -0.39 is 0 Å². The van der Waals surface area contributed by atoms with Crippen molar-refractivity contribution >= 4 is 9.04 Å². The van der Waals surface area contributed by atoms with Crippen molar-refractivity contribution in [3.63, 3.8) is 0 Å². The predicted octanol–water partition coefficient (Wildman–Crippen LogP) is 1.03. The fourth-order valence-electron chi connectivity index (χ4n) is 0.739. The van der Waals surface area contributed by atoms with Crippen molar-refractivity contribution in [2.75, 3.05) is 0 Å². The van der Waals surface area contributed by atoms with Crippen LogP contribution in [0.4, 0.5) is 0 Å². The monoisotopic (exact) mass is 101 g/mol. The fourth-order valence-corrected chi connectivity index (χ4v) is 2.22. The van der Waals surface area contributed by atoms with Crippen LogP contribution in [0.5, 0.6) is 0 Å². The van der Waals surface area contributed by atoms with Crippen molar-refractivity contribution < 1.29 is 4.43 Å². The van der Waals surface area contributed by atoms with Gasteiger partial charge in [-0.1, -0.05) is 0 Å². The highest BCUT2D eigenvalue weighted by molar-refractivity contribution is 6.52. The molecule has 0 aliphatic carbocycles. The lowest BCUT2D eigenvalue weighted by atomic mass is 10.5. The second-order valence-electron chi connectivity index (χ2n) is 1.83. The van der Waals surface area contributed by atoms with Crippen LogP contribution in [0.1, 0.15) is 6.92 Å². The van der Waals surface area contributed by atoms with Gasteiger partial charge < -0.3 is 4.43 Å². The van der Waals surface area contributed by atoms with Crippen LogP contribution in [-0.2, 0) is 4.43 Å². The quantitative estimate of drug-likeness (QED) is 0.414. The molecule has 1 heterocycles. The largest absolute Gasteiger partial charge is 0.414 e. The zero-order valence-corrected chi connectivity index (χ0v) is 5.19. The Kier molecular flexibility index (Phi) is 0.977. The van der Waals surface area contributed by atoms with Gasteiger partial charge in [0, 0.05) is 6.10 Å². The van der Waals surface area contributed by atoms with E-state index in [4.69, 9.17) is 4.43 Å². The van der Waals surface area contributed by atoms with E-state index in [9.17, 15) is 0 Å². The van der Waals surface area contributed by atoms with E-state index in [-0.39, 0.29) is 9.04 Å². The van der Waals surface area contributed by atoms with Gasteiger partial charge in [-0.2, -0.15) is 0 Å². The Labute approximate surface area is 40.0 Å². The van der Waals surface area contributed by atoms with Crippen LogP contribution in [0.2, 0.25) is 12.6 Å². The summed E-state index contributed by atoms with van der Waals surface area (Å²) in [6.45, 7) is 4.32. The van der Waals surface area contributed by atoms with E-state index in [1.54, 1.807) is 0 Å². The van der Waals surface area contributed by atoms with Crippen LogP contribution in [0.3, 0.4) is 0 Å². The highest BCUT2D eigenvalue weighted by Crippen LogP contribution is 2.15. The third kappa shape index (κ3) is 0.630. The van der Waals surface area contributed by atoms with Crippen molar-refractivity contribution in [1.82, 2.24) is 0 Å². The van der Waals surface area contributed by atoms with E-state index in [1.807, 2.05) is 0 Å². The van der Waals surface area contributed by atoms with Crippen LogP contribution >= 0.6 is 0 Å². The van der Waals surface area contributed by atoms with Crippen LogP contribution in [0.25, 0.3) is 0 Å². The molecule has 0 aromatic heterocycles.